The lowest BCUT2D eigenvalue weighted by molar-refractivity contribution is -0.119. The molecule has 120 valence electrons. The molecule has 0 saturated heterocycles. The molecule has 0 aliphatic carbocycles. The molecule has 2 aromatic rings. The van der Waals surface area contributed by atoms with Crippen LogP contribution >= 0.6 is 0 Å². The van der Waals surface area contributed by atoms with E-state index in [4.69, 9.17) is 0 Å². The van der Waals surface area contributed by atoms with E-state index in [2.05, 4.69) is 16.0 Å². The average Bonchev–Trinajstić information content (AvgIpc) is 2.59. The predicted octanol–water partition coefficient (Wildman–Crippen LogP) is 2.42. The Morgan fingerprint density at radius 1 is 0.913 bits per heavy atom. The highest BCUT2D eigenvalue weighted by Crippen LogP contribution is 2.15. The standard InChI is InChI=1S/C18H21N3O2/c1-19-18(23)13-20-15-8-5-9-16(12-15)21-17(22)11-10-14-6-3-2-4-7-14/h2-9,12,20H,10-11,13H2,1H3,(H,19,23)(H,21,22). The fraction of sp³-hybridized carbons (Fsp3) is 0.222. The van der Waals surface area contributed by atoms with Gasteiger partial charge in [-0.25, -0.2) is 0 Å². The highest BCUT2D eigenvalue weighted by atomic mass is 16.2. The number of rotatable bonds is 7. The molecule has 0 aromatic heterocycles. The first-order chi connectivity index (χ1) is 11.2. The molecule has 2 rings (SSSR count). The number of likely N-dealkylation sites (N-methyl/N-ethyl adjacent to an activating group) is 1. The molecule has 3 N–H and O–H groups in total. The van der Waals surface area contributed by atoms with E-state index in [1.807, 2.05) is 54.6 Å². The van der Waals surface area contributed by atoms with E-state index >= 15 is 0 Å². The summed E-state index contributed by atoms with van der Waals surface area (Å²) in [5, 5.41) is 8.42. The third kappa shape index (κ3) is 5.82. The summed E-state index contributed by atoms with van der Waals surface area (Å²) in [6.45, 7) is 0.196. The Kier molecular flexibility index (Phi) is 6.17. The van der Waals surface area contributed by atoms with Gasteiger partial charge in [-0.15, -0.1) is 0 Å². The molecule has 0 spiro atoms. The fourth-order valence-electron chi connectivity index (χ4n) is 2.10. The smallest absolute Gasteiger partial charge is 0.239 e. The second kappa shape index (κ2) is 8.58. The average molecular weight is 311 g/mol. The lowest BCUT2D eigenvalue weighted by Gasteiger charge is -2.09. The number of carbonyl (C=O) groups is 2. The summed E-state index contributed by atoms with van der Waals surface area (Å²) >= 11 is 0. The largest absolute Gasteiger partial charge is 0.376 e. The van der Waals surface area contributed by atoms with Gasteiger partial charge in [0, 0.05) is 24.8 Å². The molecule has 0 fully saturated rings. The number of benzene rings is 2. The number of anilines is 2. The second-order valence-electron chi connectivity index (χ2n) is 5.14. The number of hydrogen-bond donors (Lipinski definition) is 3. The van der Waals surface area contributed by atoms with E-state index in [1.54, 1.807) is 7.05 Å². The van der Waals surface area contributed by atoms with Crippen LogP contribution in [-0.2, 0) is 16.0 Å². The summed E-state index contributed by atoms with van der Waals surface area (Å²) in [6, 6.07) is 17.2. The van der Waals surface area contributed by atoms with Crippen LogP contribution in [0.5, 0.6) is 0 Å². The van der Waals surface area contributed by atoms with Gasteiger partial charge in [-0.1, -0.05) is 36.4 Å². The van der Waals surface area contributed by atoms with Gasteiger partial charge >= 0.3 is 0 Å². The van der Waals surface area contributed by atoms with Crippen LogP contribution in [0.2, 0.25) is 0 Å². The summed E-state index contributed by atoms with van der Waals surface area (Å²) < 4.78 is 0. The third-order valence-corrected chi connectivity index (χ3v) is 3.36. The number of nitrogens with one attached hydrogen (secondary N) is 3. The van der Waals surface area contributed by atoms with Crippen molar-refractivity contribution in [3.63, 3.8) is 0 Å². The maximum absolute atomic E-state index is 12.0. The Morgan fingerprint density at radius 3 is 2.39 bits per heavy atom. The first-order valence-corrected chi connectivity index (χ1v) is 7.55. The van der Waals surface area contributed by atoms with Crippen LogP contribution in [0.3, 0.4) is 0 Å². The molecule has 0 heterocycles. The molecular formula is C18H21N3O2. The SMILES string of the molecule is CNC(=O)CNc1cccc(NC(=O)CCc2ccccc2)c1. The van der Waals surface area contributed by atoms with Crippen LogP contribution in [0.25, 0.3) is 0 Å². The van der Waals surface area contributed by atoms with Crippen LogP contribution in [0.15, 0.2) is 54.6 Å². The van der Waals surface area contributed by atoms with Gasteiger partial charge in [0.15, 0.2) is 0 Å². The molecule has 5 nitrogen and oxygen atoms in total. The highest BCUT2D eigenvalue weighted by molar-refractivity contribution is 5.91. The van der Waals surface area contributed by atoms with Crippen molar-refractivity contribution >= 4 is 23.2 Å². The summed E-state index contributed by atoms with van der Waals surface area (Å²) in [5.41, 5.74) is 2.64. The van der Waals surface area contributed by atoms with Crippen molar-refractivity contribution in [1.82, 2.24) is 5.32 Å². The van der Waals surface area contributed by atoms with Gasteiger partial charge in [-0.05, 0) is 30.2 Å². The van der Waals surface area contributed by atoms with Crippen molar-refractivity contribution < 1.29 is 9.59 Å². The van der Waals surface area contributed by atoms with E-state index in [1.165, 1.54) is 0 Å². The Labute approximate surface area is 136 Å². The molecule has 0 bridgehead atoms. The van der Waals surface area contributed by atoms with Crippen LogP contribution in [0.1, 0.15) is 12.0 Å². The van der Waals surface area contributed by atoms with Gasteiger partial charge in [0.25, 0.3) is 0 Å². The number of aryl methyl sites for hydroxylation is 1. The summed E-state index contributed by atoms with van der Waals surface area (Å²) in [4.78, 5) is 23.2. The topological polar surface area (TPSA) is 70.2 Å². The molecule has 0 radical (unpaired) electrons. The molecular weight excluding hydrogens is 290 g/mol. The zero-order chi connectivity index (χ0) is 16.5. The van der Waals surface area contributed by atoms with Crippen molar-refractivity contribution in [3.8, 4) is 0 Å². The van der Waals surface area contributed by atoms with Crippen molar-refractivity contribution in [3.05, 3.63) is 60.2 Å². The van der Waals surface area contributed by atoms with E-state index in [9.17, 15) is 9.59 Å². The first-order valence-electron chi connectivity index (χ1n) is 7.55. The maximum Gasteiger partial charge on any atom is 0.239 e. The fourth-order valence-corrected chi connectivity index (χ4v) is 2.10. The van der Waals surface area contributed by atoms with Crippen molar-refractivity contribution in [2.75, 3.05) is 24.2 Å². The van der Waals surface area contributed by atoms with Gasteiger partial charge < -0.3 is 16.0 Å². The number of hydrogen-bond acceptors (Lipinski definition) is 3. The molecule has 0 atom stereocenters. The molecule has 23 heavy (non-hydrogen) atoms. The zero-order valence-corrected chi connectivity index (χ0v) is 13.1. The van der Waals surface area contributed by atoms with E-state index in [0.29, 0.717) is 18.5 Å². The highest BCUT2D eigenvalue weighted by Gasteiger charge is 2.04. The molecule has 0 aliphatic rings. The minimum atomic E-state index is -0.0951. The summed E-state index contributed by atoms with van der Waals surface area (Å²) in [6.07, 6.45) is 1.14. The third-order valence-electron chi connectivity index (χ3n) is 3.36. The zero-order valence-electron chi connectivity index (χ0n) is 13.1. The minimum Gasteiger partial charge on any atom is -0.376 e. The molecule has 5 heteroatoms. The molecule has 0 aliphatic heterocycles. The first kappa shape index (κ1) is 16.5. The quantitative estimate of drug-likeness (QED) is 0.735. The number of amides is 2. The van der Waals surface area contributed by atoms with Crippen LogP contribution in [0.4, 0.5) is 11.4 Å². The normalized spacial score (nSPS) is 9.96. The summed E-state index contributed by atoms with van der Waals surface area (Å²) in [7, 11) is 1.59. The van der Waals surface area contributed by atoms with Crippen LogP contribution in [0, 0.1) is 0 Å². The lowest BCUT2D eigenvalue weighted by atomic mass is 10.1. The van der Waals surface area contributed by atoms with E-state index in [-0.39, 0.29) is 18.4 Å². The van der Waals surface area contributed by atoms with Crippen molar-refractivity contribution in [2.24, 2.45) is 0 Å². The molecule has 2 aromatic carbocycles. The Balaban J connectivity index is 1.84. The Hall–Kier alpha value is -2.82. The van der Waals surface area contributed by atoms with Gasteiger partial charge in [-0.3, -0.25) is 9.59 Å². The van der Waals surface area contributed by atoms with Crippen LogP contribution in [-0.4, -0.2) is 25.4 Å². The molecule has 2 amide bonds. The monoisotopic (exact) mass is 311 g/mol. The van der Waals surface area contributed by atoms with Crippen LogP contribution < -0.4 is 16.0 Å². The number of carbonyl (C=O) groups excluding carboxylic acids is 2. The van der Waals surface area contributed by atoms with Gasteiger partial charge in [0.1, 0.15) is 0 Å². The Bertz CT molecular complexity index is 656. The maximum atomic E-state index is 12.0. The van der Waals surface area contributed by atoms with Gasteiger partial charge in [0.05, 0.1) is 6.54 Å². The second-order valence-corrected chi connectivity index (χ2v) is 5.14. The van der Waals surface area contributed by atoms with E-state index in [0.717, 1.165) is 11.3 Å². The predicted molar refractivity (Wildman–Crippen MR) is 92.4 cm³/mol. The van der Waals surface area contributed by atoms with Crippen molar-refractivity contribution in [1.29, 1.82) is 0 Å². The Morgan fingerprint density at radius 2 is 1.65 bits per heavy atom. The summed E-state index contributed by atoms with van der Waals surface area (Å²) in [5.74, 6) is -0.125. The van der Waals surface area contributed by atoms with E-state index < -0.39 is 0 Å². The minimum absolute atomic E-state index is 0.0303. The molecule has 0 saturated carbocycles. The molecule has 0 unspecified atom stereocenters. The van der Waals surface area contributed by atoms with Crippen molar-refractivity contribution in [2.45, 2.75) is 12.8 Å². The lowest BCUT2D eigenvalue weighted by Crippen LogP contribution is -2.26. The van der Waals surface area contributed by atoms with Gasteiger partial charge in [-0.2, -0.15) is 0 Å². The van der Waals surface area contributed by atoms with Gasteiger partial charge in [0.2, 0.25) is 11.8 Å².